The molecule has 2 fully saturated rings. The van der Waals surface area contributed by atoms with Crippen LogP contribution in [0.25, 0.3) is 0 Å². The van der Waals surface area contributed by atoms with Crippen LogP contribution in [0.1, 0.15) is 65.7 Å². The van der Waals surface area contributed by atoms with E-state index >= 15 is 0 Å². The zero-order valence-corrected chi connectivity index (χ0v) is 14.1. The number of nitrogens with zero attached hydrogens (tertiary/aromatic N) is 1. The van der Waals surface area contributed by atoms with E-state index in [1.807, 2.05) is 0 Å². The normalized spacial score (nSPS) is 26.5. The van der Waals surface area contributed by atoms with E-state index < -0.39 is 0 Å². The lowest BCUT2D eigenvalue weighted by atomic mass is 9.68. The quantitative estimate of drug-likeness (QED) is 0.739. The van der Waals surface area contributed by atoms with Crippen molar-refractivity contribution in [2.75, 3.05) is 25.4 Å². The van der Waals surface area contributed by atoms with Crippen LogP contribution in [0.2, 0.25) is 0 Å². The molecule has 2 heteroatoms. The summed E-state index contributed by atoms with van der Waals surface area (Å²) in [6.45, 7) is 11.0. The van der Waals surface area contributed by atoms with Crippen LogP contribution < -0.4 is 0 Å². The first-order valence-corrected chi connectivity index (χ1v) is 8.92. The topological polar surface area (TPSA) is 3.24 Å². The van der Waals surface area contributed by atoms with Crippen LogP contribution in [-0.2, 0) is 0 Å². The summed E-state index contributed by atoms with van der Waals surface area (Å²) in [6.07, 6.45) is 10.4. The van der Waals surface area contributed by atoms with Gasteiger partial charge in [-0.15, -0.1) is 0 Å². The summed E-state index contributed by atoms with van der Waals surface area (Å²) in [6, 6.07) is 0. The summed E-state index contributed by atoms with van der Waals surface area (Å²) < 4.78 is 0. The second-order valence-electron chi connectivity index (χ2n) is 8.11. The first kappa shape index (κ1) is 15.7. The van der Waals surface area contributed by atoms with Crippen molar-refractivity contribution in [2.24, 2.45) is 16.7 Å². The molecule has 2 aliphatic rings. The Morgan fingerprint density at radius 1 is 1.00 bits per heavy atom. The Balaban J connectivity index is 1.82. The van der Waals surface area contributed by atoms with Crippen LogP contribution in [0.3, 0.4) is 0 Å². The van der Waals surface area contributed by atoms with Crippen LogP contribution in [0, 0.1) is 16.7 Å². The van der Waals surface area contributed by atoms with Gasteiger partial charge in [-0.25, -0.2) is 0 Å². The number of thiol groups is 1. The van der Waals surface area contributed by atoms with Gasteiger partial charge < -0.3 is 4.90 Å². The number of hydrogen-bond donors (Lipinski definition) is 1. The van der Waals surface area contributed by atoms with Crippen LogP contribution in [-0.4, -0.2) is 30.3 Å². The predicted octanol–water partition coefficient (Wildman–Crippen LogP) is 4.62. The summed E-state index contributed by atoms with van der Waals surface area (Å²) in [5.41, 5.74) is 1.13. The Morgan fingerprint density at radius 3 is 2.05 bits per heavy atom. The highest BCUT2D eigenvalue weighted by molar-refractivity contribution is 7.80. The van der Waals surface area contributed by atoms with Crippen molar-refractivity contribution < 1.29 is 0 Å². The molecule has 112 valence electrons. The van der Waals surface area contributed by atoms with Gasteiger partial charge in [0.2, 0.25) is 0 Å². The Labute approximate surface area is 125 Å². The summed E-state index contributed by atoms with van der Waals surface area (Å²) in [4.78, 5) is 2.71. The molecular weight excluding hydrogens is 250 g/mol. The van der Waals surface area contributed by atoms with E-state index in [-0.39, 0.29) is 0 Å². The molecule has 1 aliphatic carbocycles. The summed E-state index contributed by atoms with van der Waals surface area (Å²) >= 11 is 4.58. The molecule has 0 amide bonds. The molecule has 19 heavy (non-hydrogen) atoms. The monoisotopic (exact) mass is 283 g/mol. The van der Waals surface area contributed by atoms with Crippen LogP contribution in [0.15, 0.2) is 0 Å². The van der Waals surface area contributed by atoms with Gasteiger partial charge in [-0.05, 0) is 61.3 Å². The summed E-state index contributed by atoms with van der Waals surface area (Å²) in [7, 11) is 0. The lowest BCUT2D eigenvalue weighted by Gasteiger charge is -2.46. The molecule has 0 N–H and O–H groups in total. The number of piperidine rings is 1. The fraction of sp³-hybridized carbons (Fsp3) is 1.00. The second kappa shape index (κ2) is 6.39. The van der Waals surface area contributed by atoms with Gasteiger partial charge in [0.25, 0.3) is 0 Å². The third kappa shape index (κ3) is 4.14. The van der Waals surface area contributed by atoms with E-state index in [1.54, 1.807) is 0 Å². The Bertz CT molecular complexity index is 265. The predicted molar refractivity (Wildman–Crippen MR) is 88.0 cm³/mol. The highest BCUT2D eigenvalue weighted by Gasteiger charge is 2.36. The smallest absolute Gasteiger partial charge is 0.00225 e. The molecule has 0 aromatic heterocycles. The van der Waals surface area contributed by atoms with Gasteiger partial charge in [-0.1, -0.05) is 40.0 Å². The van der Waals surface area contributed by atoms with Gasteiger partial charge in [-0.3, -0.25) is 0 Å². The van der Waals surface area contributed by atoms with Crippen molar-refractivity contribution in [3.05, 3.63) is 0 Å². The molecule has 0 radical (unpaired) electrons. The van der Waals surface area contributed by atoms with E-state index in [0.717, 1.165) is 17.1 Å². The minimum atomic E-state index is 0.391. The summed E-state index contributed by atoms with van der Waals surface area (Å²) in [5.74, 6) is 1.74. The standard InChI is InChI=1S/C17H33NS/c1-16(2,3)15(14-19)13-18-11-9-17(10-12-18)7-5-4-6-8-17/h15,19H,4-14H2,1-3H3. The van der Waals surface area contributed by atoms with Gasteiger partial charge in [0.05, 0.1) is 0 Å². The summed E-state index contributed by atoms with van der Waals surface area (Å²) in [5, 5.41) is 0. The van der Waals surface area contributed by atoms with Gasteiger partial charge in [0.1, 0.15) is 0 Å². The molecule has 2 rings (SSSR count). The minimum absolute atomic E-state index is 0.391. The zero-order valence-electron chi connectivity index (χ0n) is 13.2. The number of rotatable bonds is 3. The van der Waals surface area contributed by atoms with Gasteiger partial charge in [0, 0.05) is 6.54 Å². The third-order valence-corrected chi connectivity index (χ3v) is 6.20. The van der Waals surface area contributed by atoms with Crippen molar-refractivity contribution in [1.82, 2.24) is 4.90 Å². The van der Waals surface area contributed by atoms with Crippen LogP contribution >= 0.6 is 12.6 Å². The molecule has 1 spiro atoms. The van der Waals surface area contributed by atoms with Crippen LogP contribution in [0.4, 0.5) is 0 Å². The maximum atomic E-state index is 4.58. The highest BCUT2D eigenvalue weighted by atomic mass is 32.1. The van der Waals surface area contributed by atoms with Crippen molar-refractivity contribution >= 4 is 12.6 Å². The lowest BCUT2D eigenvalue weighted by molar-refractivity contribution is 0.0504. The van der Waals surface area contributed by atoms with Crippen molar-refractivity contribution in [3.8, 4) is 0 Å². The first-order valence-electron chi connectivity index (χ1n) is 8.28. The molecule has 1 heterocycles. The maximum Gasteiger partial charge on any atom is 0.00225 e. The molecule has 0 bridgehead atoms. The molecular formula is C17H33NS. The largest absolute Gasteiger partial charge is 0.303 e. The Kier molecular flexibility index (Phi) is 5.28. The molecule has 1 unspecified atom stereocenters. The first-order chi connectivity index (χ1) is 8.95. The Morgan fingerprint density at radius 2 is 1.58 bits per heavy atom. The Hall–Kier alpha value is 0.310. The third-order valence-electron chi connectivity index (χ3n) is 5.75. The molecule has 1 atom stereocenters. The van der Waals surface area contributed by atoms with Crippen LogP contribution in [0.5, 0.6) is 0 Å². The molecule has 1 nitrogen and oxygen atoms in total. The zero-order chi connectivity index (χ0) is 13.9. The minimum Gasteiger partial charge on any atom is -0.303 e. The fourth-order valence-electron chi connectivity index (χ4n) is 3.93. The van der Waals surface area contributed by atoms with Gasteiger partial charge in [0.15, 0.2) is 0 Å². The van der Waals surface area contributed by atoms with Crippen molar-refractivity contribution in [1.29, 1.82) is 0 Å². The van der Waals surface area contributed by atoms with Gasteiger partial charge >= 0.3 is 0 Å². The molecule has 1 saturated heterocycles. The van der Waals surface area contributed by atoms with Gasteiger partial charge in [-0.2, -0.15) is 12.6 Å². The number of hydrogen-bond acceptors (Lipinski definition) is 2. The molecule has 0 aromatic rings. The highest BCUT2D eigenvalue weighted by Crippen LogP contribution is 2.44. The van der Waals surface area contributed by atoms with E-state index in [2.05, 4.69) is 38.3 Å². The molecule has 1 saturated carbocycles. The maximum absolute atomic E-state index is 4.58. The van der Waals surface area contributed by atoms with E-state index in [9.17, 15) is 0 Å². The lowest BCUT2D eigenvalue weighted by Crippen LogP contribution is -2.45. The van der Waals surface area contributed by atoms with E-state index in [4.69, 9.17) is 0 Å². The average molecular weight is 284 g/mol. The average Bonchev–Trinajstić information content (AvgIpc) is 2.38. The van der Waals surface area contributed by atoms with Crippen molar-refractivity contribution in [3.63, 3.8) is 0 Å². The molecule has 0 aromatic carbocycles. The van der Waals surface area contributed by atoms with E-state index in [1.165, 1.54) is 64.6 Å². The number of likely N-dealkylation sites (tertiary alicyclic amines) is 1. The fourth-order valence-corrected chi connectivity index (χ4v) is 4.59. The SMILES string of the molecule is CC(C)(C)C(CS)CN1CCC2(CCCCC2)CC1. The van der Waals surface area contributed by atoms with Crippen molar-refractivity contribution in [2.45, 2.75) is 65.7 Å². The second-order valence-corrected chi connectivity index (χ2v) is 8.47. The molecule has 1 aliphatic heterocycles. The van der Waals surface area contributed by atoms with E-state index in [0.29, 0.717) is 5.41 Å².